The number of benzene rings is 1. The van der Waals surface area contributed by atoms with Crippen LogP contribution in [-0.2, 0) is 4.74 Å². The van der Waals surface area contributed by atoms with Crippen LogP contribution in [0.2, 0.25) is 0 Å². The second-order valence-corrected chi connectivity index (χ2v) is 10.0. The molecule has 1 aromatic carbocycles. The molecule has 4 aliphatic rings. The number of rotatable bonds is 5. The summed E-state index contributed by atoms with van der Waals surface area (Å²) < 4.78 is 17.5. The Kier molecular flexibility index (Phi) is 5.91. The van der Waals surface area contributed by atoms with Gasteiger partial charge in [0.15, 0.2) is 0 Å². The molecule has 2 aromatic rings. The number of nitrogens with one attached hydrogen (secondary N) is 1. The molecule has 33 heavy (non-hydrogen) atoms. The van der Waals surface area contributed by atoms with Gasteiger partial charge in [-0.15, -0.1) is 0 Å². The third-order valence-electron chi connectivity index (χ3n) is 7.18. The first-order chi connectivity index (χ1) is 15.9. The van der Waals surface area contributed by atoms with Crippen molar-refractivity contribution in [1.82, 2.24) is 15.2 Å². The van der Waals surface area contributed by atoms with E-state index in [2.05, 4.69) is 29.0 Å². The quantitative estimate of drug-likeness (QED) is 0.725. The summed E-state index contributed by atoms with van der Waals surface area (Å²) in [5.74, 6) is 1.89. The third-order valence-corrected chi connectivity index (χ3v) is 7.18. The summed E-state index contributed by atoms with van der Waals surface area (Å²) in [5.41, 5.74) is 2.71. The zero-order valence-corrected chi connectivity index (χ0v) is 19.7. The highest BCUT2D eigenvalue weighted by Gasteiger charge is 2.41. The topological polar surface area (TPSA) is 72.9 Å². The van der Waals surface area contributed by atoms with Crippen LogP contribution in [0.5, 0.6) is 11.6 Å². The zero-order chi connectivity index (χ0) is 23.0. The predicted molar refractivity (Wildman–Crippen MR) is 125 cm³/mol. The number of amides is 1. The molecule has 2 bridgehead atoms. The van der Waals surface area contributed by atoms with E-state index in [1.54, 1.807) is 6.20 Å². The van der Waals surface area contributed by atoms with Crippen molar-refractivity contribution in [1.29, 1.82) is 0 Å². The van der Waals surface area contributed by atoms with Crippen molar-refractivity contribution in [2.24, 2.45) is 11.3 Å². The van der Waals surface area contributed by atoms with Crippen LogP contribution >= 0.6 is 0 Å². The predicted octanol–water partition coefficient (Wildman–Crippen LogP) is 4.43. The number of hydrogen-bond donors (Lipinski definition) is 1. The SMILES string of the molecule is CCOc1ccc(-c2ccc3c(c2)OCC(C)(C)C3NC(=O)O[C@@H]2CN3CCC2CC3)cn1. The lowest BCUT2D eigenvalue weighted by Gasteiger charge is -2.44. The van der Waals surface area contributed by atoms with E-state index in [1.807, 2.05) is 37.3 Å². The van der Waals surface area contributed by atoms with Gasteiger partial charge in [-0.25, -0.2) is 9.78 Å². The van der Waals surface area contributed by atoms with Crippen molar-refractivity contribution in [2.75, 3.05) is 32.8 Å². The maximum Gasteiger partial charge on any atom is 0.407 e. The number of pyridine rings is 1. The first kappa shape index (κ1) is 22.0. The zero-order valence-electron chi connectivity index (χ0n) is 19.7. The third kappa shape index (κ3) is 4.51. The van der Waals surface area contributed by atoms with Crippen molar-refractivity contribution in [3.63, 3.8) is 0 Å². The molecule has 1 N–H and O–H groups in total. The fourth-order valence-corrected chi connectivity index (χ4v) is 5.24. The summed E-state index contributed by atoms with van der Waals surface area (Å²) in [6.07, 6.45) is 3.70. The average molecular weight is 452 g/mol. The summed E-state index contributed by atoms with van der Waals surface area (Å²) in [4.78, 5) is 19.7. The van der Waals surface area contributed by atoms with E-state index in [0.29, 0.717) is 25.0 Å². The van der Waals surface area contributed by atoms with Gasteiger partial charge in [0.05, 0.1) is 19.3 Å². The van der Waals surface area contributed by atoms with Crippen molar-refractivity contribution >= 4 is 6.09 Å². The van der Waals surface area contributed by atoms with Crippen molar-refractivity contribution < 1.29 is 19.0 Å². The summed E-state index contributed by atoms with van der Waals surface area (Å²) in [6, 6.07) is 9.79. The van der Waals surface area contributed by atoms with E-state index in [-0.39, 0.29) is 23.7 Å². The molecule has 3 saturated heterocycles. The van der Waals surface area contributed by atoms with E-state index >= 15 is 0 Å². The minimum atomic E-state index is -0.334. The van der Waals surface area contributed by atoms with Gasteiger partial charge in [-0.1, -0.05) is 26.0 Å². The molecule has 1 unspecified atom stereocenters. The Morgan fingerprint density at radius 2 is 2.00 bits per heavy atom. The minimum Gasteiger partial charge on any atom is -0.493 e. The Labute approximate surface area is 195 Å². The van der Waals surface area contributed by atoms with Crippen LogP contribution in [-0.4, -0.2) is 54.9 Å². The van der Waals surface area contributed by atoms with Gasteiger partial charge >= 0.3 is 6.09 Å². The first-order valence-corrected chi connectivity index (χ1v) is 12.0. The standard InChI is InChI=1S/C26H33N3O4/c1-4-31-23-8-6-19(14-27-23)18-5-7-20-21(13-18)32-16-26(2,3)24(20)28-25(30)33-22-15-29-11-9-17(22)10-12-29/h5-8,13-14,17,22,24H,4,9-12,15-16H2,1-3H3,(H,28,30)/t22-,24?/m1/s1. The summed E-state index contributed by atoms with van der Waals surface area (Å²) in [5, 5.41) is 3.16. The molecule has 5 heterocycles. The molecular formula is C26H33N3O4. The van der Waals surface area contributed by atoms with Gasteiger partial charge < -0.3 is 19.5 Å². The van der Waals surface area contributed by atoms with Crippen LogP contribution in [0.15, 0.2) is 36.5 Å². The van der Waals surface area contributed by atoms with Gasteiger partial charge in [0.2, 0.25) is 5.88 Å². The Bertz CT molecular complexity index is 999. The van der Waals surface area contributed by atoms with Gasteiger partial charge in [0, 0.05) is 35.3 Å². The van der Waals surface area contributed by atoms with Gasteiger partial charge in [0.25, 0.3) is 0 Å². The van der Waals surface area contributed by atoms with Crippen LogP contribution in [0.3, 0.4) is 0 Å². The second-order valence-electron chi connectivity index (χ2n) is 10.0. The highest BCUT2D eigenvalue weighted by atomic mass is 16.6. The number of ether oxygens (including phenoxy) is 3. The number of aromatic nitrogens is 1. The lowest BCUT2D eigenvalue weighted by Crippen LogP contribution is -2.53. The molecule has 0 spiro atoms. The smallest absolute Gasteiger partial charge is 0.407 e. The molecule has 0 aliphatic carbocycles. The summed E-state index contributed by atoms with van der Waals surface area (Å²) in [7, 11) is 0. The number of nitrogens with zero attached hydrogens (tertiary/aromatic N) is 2. The van der Waals surface area contributed by atoms with E-state index in [9.17, 15) is 4.79 Å². The Balaban J connectivity index is 1.32. The highest BCUT2D eigenvalue weighted by Crippen LogP contribution is 2.44. The maximum absolute atomic E-state index is 12.9. The second kappa shape index (κ2) is 8.86. The number of hydrogen-bond acceptors (Lipinski definition) is 6. The molecule has 176 valence electrons. The van der Waals surface area contributed by atoms with E-state index < -0.39 is 0 Å². The fourth-order valence-electron chi connectivity index (χ4n) is 5.24. The van der Waals surface area contributed by atoms with Crippen LogP contribution in [0.1, 0.15) is 45.2 Å². The number of carbonyl (C=O) groups is 1. The number of piperidine rings is 3. The van der Waals surface area contributed by atoms with Gasteiger partial charge in [0.1, 0.15) is 11.9 Å². The Morgan fingerprint density at radius 1 is 1.21 bits per heavy atom. The maximum atomic E-state index is 12.9. The van der Waals surface area contributed by atoms with Crippen LogP contribution in [0.4, 0.5) is 4.79 Å². The average Bonchev–Trinajstić information content (AvgIpc) is 2.82. The normalized spacial score (nSPS) is 27.2. The van der Waals surface area contributed by atoms with Crippen molar-refractivity contribution in [3.05, 3.63) is 42.1 Å². The minimum absolute atomic E-state index is 0.00976. The molecule has 6 rings (SSSR count). The molecule has 7 heteroatoms. The van der Waals surface area contributed by atoms with E-state index in [4.69, 9.17) is 14.2 Å². The van der Waals surface area contributed by atoms with Gasteiger partial charge in [-0.3, -0.25) is 4.90 Å². The lowest BCUT2D eigenvalue weighted by molar-refractivity contribution is -0.0361. The fraction of sp³-hybridized carbons (Fsp3) is 0.538. The molecule has 4 aliphatic heterocycles. The van der Waals surface area contributed by atoms with Gasteiger partial charge in [-0.05, 0) is 56.5 Å². The lowest BCUT2D eigenvalue weighted by atomic mass is 9.78. The largest absolute Gasteiger partial charge is 0.493 e. The van der Waals surface area contributed by atoms with E-state index in [1.165, 1.54) is 0 Å². The molecule has 7 nitrogen and oxygen atoms in total. The molecule has 0 saturated carbocycles. The molecule has 0 radical (unpaired) electrons. The van der Waals surface area contributed by atoms with Crippen LogP contribution in [0.25, 0.3) is 11.1 Å². The Hall–Kier alpha value is -2.80. The van der Waals surface area contributed by atoms with Crippen LogP contribution < -0.4 is 14.8 Å². The number of alkyl carbamates (subject to hydrolysis) is 1. The summed E-state index contributed by atoms with van der Waals surface area (Å²) in [6.45, 7) is 10.4. The molecule has 1 aromatic heterocycles. The molecular weight excluding hydrogens is 418 g/mol. The number of carbonyl (C=O) groups excluding carboxylic acids is 1. The Morgan fingerprint density at radius 3 is 2.67 bits per heavy atom. The molecule has 3 fully saturated rings. The molecule has 2 atom stereocenters. The first-order valence-electron chi connectivity index (χ1n) is 12.0. The van der Waals surface area contributed by atoms with E-state index in [0.717, 1.165) is 54.9 Å². The summed E-state index contributed by atoms with van der Waals surface area (Å²) >= 11 is 0. The highest BCUT2D eigenvalue weighted by molar-refractivity contribution is 5.70. The van der Waals surface area contributed by atoms with Crippen molar-refractivity contribution in [2.45, 2.75) is 45.8 Å². The van der Waals surface area contributed by atoms with Crippen molar-refractivity contribution in [3.8, 4) is 22.8 Å². The number of fused-ring (bicyclic) bond motifs is 4. The van der Waals surface area contributed by atoms with Gasteiger partial charge in [-0.2, -0.15) is 0 Å². The van der Waals surface area contributed by atoms with Crippen LogP contribution in [0, 0.1) is 11.3 Å². The molecule has 1 amide bonds. The monoisotopic (exact) mass is 451 g/mol.